The van der Waals surface area contributed by atoms with Crippen molar-refractivity contribution < 1.29 is 0 Å². The number of fused-ring (bicyclic) bond motifs is 2. The van der Waals surface area contributed by atoms with Crippen molar-refractivity contribution in [2.45, 2.75) is 0 Å². The summed E-state index contributed by atoms with van der Waals surface area (Å²) in [5, 5.41) is 5.19. The van der Waals surface area contributed by atoms with Crippen molar-refractivity contribution in [3.05, 3.63) is 175 Å². The van der Waals surface area contributed by atoms with Gasteiger partial charge in [0.2, 0.25) is 5.95 Å². The third kappa shape index (κ3) is 5.28. The maximum absolute atomic E-state index is 7.25. The maximum Gasteiger partial charge on any atom is 0.214 e. The summed E-state index contributed by atoms with van der Waals surface area (Å²) < 4.78 is 4.27. The lowest BCUT2D eigenvalue weighted by Gasteiger charge is -2.16. The van der Waals surface area contributed by atoms with Gasteiger partial charge in [-0.25, -0.2) is 15.0 Å². The highest BCUT2D eigenvalue weighted by Crippen LogP contribution is 2.40. The number of nitrogens with zero attached hydrogens (tertiary/aromatic N) is 5. The molecule has 0 aliphatic heterocycles. The molecule has 6 nitrogen and oxygen atoms in total. The SMILES string of the molecule is Clc1c(Nc2nc3ccccc3n2-c2ccccc2)n(-c2cccc(-c3nc(-c4ccccc4)cc(-c4ccccc4)n3)c2)c2ccccc12. The number of aromatic nitrogens is 5. The Kier molecular flexibility index (Phi) is 7.41. The molecule has 7 heteroatoms. The Morgan fingerprint density at radius 3 is 1.72 bits per heavy atom. The number of imidazole rings is 1. The van der Waals surface area contributed by atoms with Gasteiger partial charge in [-0.15, -0.1) is 0 Å². The molecule has 50 heavy (non-hydrogen) atoms. The summed E-state index contributed by atoms with van der Waals surface area (Å²) in [7, 11) is 0. The van der Waals surface area contributed by atoms with Gasteiger partial charge in [0.25, 0.3) is 0 Å². The summed E-state index contributed by atoms with van der Waals surface area (Å²) in [6.07, 6.45) is 0. The van der Waals surface area contributed by atoms with Crippen LogP contribution in [0, 0.1) is 0 Å². The van der Waals surface area contributed by atoms with E-state index in [1.807, 2.05) is 97.1 Å². The second-order valence-corrected chi connectivity index (χ2v) is 12.4. The smallest absolute Gasteiger partial charge is 0.214 e. The van der Waals surface area contributed by atoms with Crippen LogP contribution < -0.4 is 5.32 Å². The van der Waals surface area contributed by atoms with Crippen molar-refractivity contribution in [3.63, 3.8) is 0 Å². The summed E-state index contributed by atoms with van der Waals surface area (Å²) in [4.78, 5) is 15.2. The predicted octanol–water partition coefficient (Wildman–Crippen LogP) is 11.2. The molecule has 3 heterocycles. The van der Waals surface area contributed by atoms with Gasteiger partial charge in [0.1, 0.15) is 5.82 Å². The Balaban J connectivity index is 1.22. The second kappa shape index (κ2) is 12.5. The molecule has 1 N–H and O–H groups in total. The first-order valence-electron chi connectivity index (χ1n) is 16.4. The molecule has 238 valence electrons. The molecule has 0 aliphatic carbocycles. The summed E-state index contributed by atoms with van der Waals surface area (Å²) >= 11 is 7.25. The van der Waals surface area contributed by atoms with Crippen LogP contribution in [0.25, 0.3) is 67.2 Å². The third-order valence-corrected chi connectivity index (χ3v) is 9.23. The second-order valence-electron chi connectivity index (χ2n) is 12.0. The van der Waals surface area contributed by atoms with Gasteiger partial charge in [-0.2, -0.15) is 0 Å². The molecule has 0 radical (unpaired) electrons. The fourth-order valence-corrected chi connectivity index (χ4v) is 6.80. The molecule has 3 aromatic heterocycles. The fraction of sp³-hybridized carbons (Fsp3) is 0. The molecule has 0 bridgehead atoms. The molecule has 9 aromatic rings. The molecule has 0 spiro atoms. The lowest BCUT2D eigenvalue weighted by atomic mass is 10.1. The summed E-state index contributed by atoms with van der Waals surface area (Å²) in [5.74, 6) is 2.00. The highest BCUT2D eigenvalue weighted by molar-refractivity contribution is 6.38. The maximum atomic E-state index is 7.25. The quantitative estimate of drug-likeness (QED) is 0.184. The Morgan fingerprint density at radius 1 is 0.460 bits per heavy atom. The predicted molar refractivity (Wildman–Crippen MR) is 205 cm³/mol. The molecule has 9 rings (SSSR count). The van der Waals surface area contributed by atoms with Gasteiger partial charge in [0, 0.05) is 33.5 Å². The van der Waals surface area contributed by atoms with Crippen LogP contribution in [-0.4, -0.2) is 24.1 Å². The van der Waals surface area contributed by atoms with E-state index in [1.54, 1.807) is 0 Å². The average Bonchev–Trinajstić information content (AvgIpc) is 3.70. The van der Waals surface area contributed by atoms with Crippen molar-refractivity contribution >= 4 is 45.3 Å². The molecule has 0 fully saturated rings. The summed E-state index contributed by atoms with van der Waals surface area (Å²) in [6.45, 7) is 0. The van der Waals surface area contributed by atoms with E-state index in [1.165, 1.54) is 0 Å². The lowest BCUT2D eigenvalue weighted by molar-refractivity contribution is 1.06. The first-order chi connectivity index (χ1) is 24.7. The zero-order chi connectivity index (χ0) is 33.4. The third-order valence-electron chi connectivity index (χ3n) is 8.85. The Morgan fingerprint density at radius 2 is 1.02 bits per heavy atom. The molecule has 0 amide bonds. The highest BCUT2D eigenvalue weighted by Gasteiger charge is 2.21. The van der Waals surface area contributed by atoms with Crippen LogP contribution in [0.1, 0.15) is 0 Å². The standard InChI is InChI=1S/C43H29ClN6/c44-40-34-23-10-12-25-38(34)49(42(40)48-43-47-35-24-11-13-26-39(35)50(43)32-20-8-3-9-21-32)33-22-14-19-31(27-33)41-45-36(29-15-4-1-5-16-29)28-37(46-41)30-17-6-2-7-18-30/h1-28H,(H,47,48). The van der Waals surface area contributed by atoms with Gasteiger partial charge in [0.15, 0.2) is 5.82 Å². The average molecular weight is 665 g/mol. The van der Waals surface area contributed by atoms with Crippen LogP contribution >= 0.6 is 11.6 Å². The van der Waals surface area contributed by atoms with E-state index in [0.717, 1.165) is 61.4 Å². The van der Waals surface area contributed by atoms with Gasteiger partial charge in [-0.3, -0.25) is 9.13 Å². The van der Waals surface area contributed by atoms with Gasteiger partial charge in [-0.1, -0.05) is 133 Å². The first-order valence-corrected chi connectivity index (χ1v) is 16.8. The van der Waals surface area contributed by atoms with Crippen molar-refractivity contribution in [1.29, 1.82) is 0 Å². The number of para-hydroxylation sites is 4. The van der Waals surface area contributed by atoms with E-state index in [9.17, 15) is 0 Å². The van der Waals surface area contributed by atoms with Gasteiger partial charge in [0.05, 0.1) is 33.0 Å². The van der Waals surface area contributed by atoms with E-state index in [0.29, 0.717) is 22.6 Å². The molecular formula is C43H29ClN6. The van der Waals surface area contributed by atoms with Crippen molar-refractivity contribution in [3.8, 4) is 45.3 Å². The van der Waals surface area contributed by atoms with Crippen LogP contribution in [0.5, 0.6) is 0 Å². The van der Waals surface area contributed by atoms with E-state index in [2.05, 4.69) is 87.2 Å². The Hall–Kier alpha value is -6.50. The van der Waals surface area contributed by atoms with E-state index < -0.39 is 0 Å². The molecule has 0 atom stereocenters. The number of nitrogens with one attached hydrogen (secondary N) is 1. The zero-order valence-corrected chi connectivity index (χ0v) is 27.5. The minimum atomic E-state index is 0.603. The fourth-order valence-electron chi connectivity index (χ4n) is 6.51. The van der Waals surface area contributed by atoms with Crippen molar-refractivity contribution in [1.82, 2.24) is 24.1 Å². The zero-order valence-electron chi connectivity index (χ0n) is 26.8. The van der Waals surface area contributed by atoms with Gasteiger partial charge >= 0.3 is 0 Å². The summed E-state index contributed by atoms with van der Waals surface area (Å²) in [6, 6.07) is 57.3. The normalized spacial score (nSPS) is 11.3. The number of halogens is 1. The Labute approximate surface area is 293 Å². The lowest BCUT2D eigenvalue weighted by Crippen LogP contribution is -2.06. The van der Waals surface area contributed by atoms with Crippen molar-refractivity contribution in [2.75, 3.05) is 5.32 Å². The Bertz CT molecular complexity index is 2570. The summed E-state index contributed by atoms with van der Waals surface area (Å²) in [5.41, 5.74) is 9.39. The highest BCUT2D eigenvalue weighted by atomic mass is 35.5. The van der Waals surface area contributed by atoms with Crippen LogP contribution in [0.15, 0.2) is 170 Å². The monoisotopic (exact) mass is 664 g/mol. The number of benzene rings is 6. The van der Waals surface area contributed by atoms with E-state index in [4.69, 9.17) is 26.6 Å². The molecular weight excluding hydrogens is 636 g/mol. The van der Waals surface area contributed by atoms with Gasteiger partial charge in [-0.05, 0) is 48.5 Å². The minimum absolute atomic E-state index is 0.603. The van der Waals surface area contributed by atoms with Crippen LogP contribution in [0.4, 0.5) is 11.8 Å². The van der Waals surface area contributed by atoms with Crippen molar-refractivity contribution in [2.24, 2.45) is 0 Å². The molecule has 0 saturated heterocycles. The number of hydrogen-bond acceptors (Lipinski definition) is 4. The number of anilines is 2. The molecule has 0 saturated carbocycles. The molecule has 6 aromatic carbocycles. The topological polar surface area (TPSA) is 60.6 Å². The van der Waals surface area contributed by atoms with Crippen LogP contribution in [0.3, 0.4) is 0 Å². The molecule has 0 unspecified atom stereocenters. The largest absolute Gasteiger partial charge is 0.310 e. The van der Waals surface area contributed by atoms with Crippen LogP contribution in [0.2, 0.25) is 5.02 Å². The van der Waals surface area contributed by atoms with E-state index >= 15 is 0 Å². The van der Waals surface area contributed by atoms with Crippen LogP contribution in [-0.2, 0) is 0 Å². The molecule has 0 aliphatic rings. The minimum Gasteiger partial charge on any atom is -0.310 e. The first kappa shape index (κ1) is 29.6. The van der Waals surface area contributed by atoms with E-state index in [-0.39, 0.29) is 0 Å². The van der Waals surface area contributed by atoms with Gasteiger partial charge < -0.3 is 5.32 Å². The number of rotatable bonds is 7. The number of hydrogen-bond donors (Lipinski definition) is 1.